The maximum atomic E-state index is 12.1. The van der Waals surface area contributed by atoms with E-state index in [1.807, 2.05) is 18.2 Å². The van der Waals surface area contributed by atoms with Crippen LogP contribution in [0.25, 0.3) is 10.9 Å². The van der Waals surface area contributed by atoms with Gasteiger partial charge in [0.2, 0.25) is 0 Å². The van der Waals surface area contributed by atoms with Gasteiger partial charge in [0.25, 0.3) is 0 Å². The highest BCUT2D eigenvalue weighted by Gasteiger charge is 2.17. The molecule has 0 unspecified atom stereocenters. The highest BCUT2D eigenvalue weighted by Crippen LogP contribution is 2.16. The molecule has 3 rings (SSSR count). The number of para-hydroxylation sites is 1. The molecule has 19 heavy (non-hydrogen) atoms. The van der Waals surface area contributed by atoms with Crippen molar-refractivity contribution in [3.05, 3.63) is 66.9 Å². The number of aromatic nitrogens is 1. The maximum Gasteiger partial charge on any atom is 0.357 e. The number of fused-ring (bicyclic) bond motifs is 1. The zero-order valence-corrected chi connectivity index (χ0v) is 10.7. The smallest absolute Gasteiger partial charge is 0.284 e. The van der Waals surface area contributed by atoms with Crippen molar-refractivity contribution in [3.8, 4) is 0 Å². The van der Waals surface area contributed by atoms with Gasteiger partial charge in [0.1, 0.15) is 4.90 Å². The zero-order valence-electron chi connectivity index (χ0n) is 9.93. The van der Waals surface area contributed by atoms with Crippen LogP contribution in [-0.2, 0) is 10.1 Å². The van der Waals surface area contributed by atoms with Crippen LogP contribution in [0.15, 0.2) is 71.8 Å². The Kier molecular flexibility index (Phi) is 2.76. The Labute approximate surface area is 110 Å². The third-order valence-electron chi connectivity index (χ3n) is 2.77. The van der Waals surface area contributed by atoms with Crippen molar-refractivity contribution < 1.29 is 12.7 Å². The van der Waals surface area contributed by atoms with Gasteiger partial charge >= 0.3 is 10.1 Å². The minimum atomic E-state index is -3.81. The lowest BCUT2D eigenvalue weighted by Gasteiger charge is -2.08. The van der Waals surface area contributed by atoms with E-state index in [2.05, 4.69) is 0 Å². The summed E-state index contributed by atoms with van der Waals surface area (Å²) in [6.07, 6.45) is 1.59. The van der Waals surface area contributed by atoms with Crippen molar-refractivity contribution in [2.45, 2.75) is 4.90 Å². The normalized spacial score (nSPS) is 11.6. The van der Waals surface area contributed by atoms with E-state index in [9.17, 15) is 8.42 Å². The van der Waals surface area contributed by atoms with Gasteiger partial charge < -0.3 is 0 Å². The monoisotopic (exact) mass is 273 g/mol. The van der Waals surface area contributed by atoms with Crippen LogP contribution in [0.3, 0.4) is 0 Å². The summed E-state index contributed by atoms with van der Waals surface area (Å²) in [5.74, 6) is 0. The zero-order chi connectivity index (χ0) is 13.3. The van der Waals surface area contributed by atoms with Crippen molar-refractivity contribution in [2.75, 3.05) is 0 Å². The van der Waals surface area contributed by atoms with E-state index in [-0.39, 0.29) is 4.90 Å². The van der Waals surface area contributed by atoms with E-state index in [1.54, 1.807) is 36.5 Å². The van der Waals surface area contributed by atoms with Crippen molar-refractivity contribution >= 4 is 21.0 Å². The first-order valence-corrected chi connectivity index (χ1v) is 7.14. The summed E-state index contributed by atoms with van der Waals surface area (Å²) in [6, 6.07) is 17.3. The predicted octanol–water partition coefficient (Wildman–Crippen LogP) is 2.46. The van der Waals surface area contributed by atoms with E-state index in [0.29, 0.717) is 5.52 Å². The van der Waals surface area contributed by atoms with Crippen LogP contribution < -0.4 is 4.28 Å². The molecule has 0 spiro atoms. The first-order chi connectivity index (χ1) is 9.17. The molecule has 1 aromatic heterocycles. The van der Waals surface area contributed by atoms with Crippen LogP contribution in [0.2, 0.25) is 0 Å². The molecule has 1 heterocycles. The van der Waals surface area contributed by atoms with Crippen molar-refractivity contribution in [3.63, 3.8) is 0 Å². The number of rotatable bonds is 3. The highest BCUT2D eigenvalue weighted by atomic mass is 32.2. The molecule has 5 heteroatoms. The minimum absolute atomic E-state index is 0.132. The lowest BCUT2D eigenvalue weighted by Crippen LogP contribution is -2.19. The molecule has 0 atom stereocenters. The Morgan fingerprint density at radius 2 is 1.53 bits per heavy atom. The molecule has 0 aliphatic carbocycles. The summed E-state index contributed by atoms with van der Waals surface area (Å²) >= 11 is 0. The Balaban J connectivity index is 2.02. The van der Waals surface area contributed by atoms with E-state index in [0.717, 1.165) is 5.39 Å². The first-order valence-electron chi connectivity index (χ1n) is 5.73. The SMILES string of the molecule is O=S(=O)(On1ccc2ccccc21)c1ccccc1. The molecular formula is C14H11NO3S. The molecule has 0 saturated carbocycles. The molecule has 0 N–H and O–H groups in total. The van der Waals surface area contributed by atoms with Gasteiger partial charge in [-0.2, -0.15) is 13.1 Å². The molecule has 2 aromatic carbocycles. The van der Waals surface area contributed by atoms with Gasteiger partial charge in [-0.3, -0.25) is 4.28 Å². The fourth-order valence-corrected chi connectivity index (χ4v) is 2.78. The number of hydrogen-bond acceptors (Lipinski definition) is 3. The van der Waals surface area contributed by atoms with Crippen LogP contribution >= 0.6 is 0 Å². The third-order valence-corrected chi connectivity index (χ3v) is 3.98. The summed E-state index contributed by atoms with van der Waals surface area (Å²) in [7, 11) is -3.81. The van der Waals surface area contributed by atoms with Crippen molar-refractivity contribution in [2.24, 2.45) is 0 Å². The maximum absolute atomic E-state index is 12.1. The van der Waals surface area contributed by atoms with Gasteiger partial charge in [0.15, 0.2) is 0 Å². The van der Waals surface area contributed by atoms with Gasteiger partial charge in [-0.1, -0.05) is 36.4 Å². The Hall–Kier alpha value is -2.27. The van der Waals surface area contributed by atoms with Crippen LogP contribution in [-0.4, -0.2) is 13.1 Å². The Morgan fingerprint density at radius 3 is 2.32 bits per heavy atom. The van der Waals surface area contributed by atoms with E-state index >= 15 is 0 Å². The van der Waals surface area contributed by atoms with Gasteiger partial charge in [-0.15, -0.1) is 0 Å². The highest BCUT2D eigenvalue weighted by molar-refractivity contribution is 7.87. The average molecular weight is 273 g/mol. The van der Waals surface area contributed by atoms with Gasteiger partial charge in [0, 0.05) is 11.6 Å². The molecule has 0 fully saturated rings. The second-order valence-electron chi connectivity index (χ2n) is 4.04. The average Bonchev–Trinajstić information content (AvgIpc) is 2.83. The lowest BCUT2D eigenvalue weighted by molar-refractivity contribution is 0.293. The molecule has 0 saturated heterocycles. The number of nitrogens with zero attached hydrogens (tertiary/aromatic N) is 1. The van der Waals surface area contributed by atoms with Gasteiger partial charge in [-0.05, 0) is 24.3 Å². The fourth-order valence-electron chi connectivity index (χ4n) is 1.86. The van der Waals surface area contributed by atoms with Crippen LogP contribution in [0.4, 0.5) is 0 Å². The van der Waals surface area contributed by atoms with Crippen LogP contribution in [0.1, 0.15) is 0 Å². The molecule has 0 radical (unpaired) electrons. The second-order valence-corrected chi connectivity index (χ2v) is 5.57. The lowest BCUT2D eigenvalue weighted by atomic mass is 10.3. The van der Waals surface area contributed by atoms with E-state index in [1.165, 1.54) is 16.9 Å². The summed E-state index contributed by atoms with van der Waals surface area (Å²) in [5.41, 5.74) is 0.710. The van der Waals surface area contributed by atoms with Gasteiger partial charge in [0.05, 0.1) is 5.52 Å². The summed E-state index contributed by atoms with van der Waals surface area (Å²) in [5, 5.41) is 0.922. The Morgan fingerprint density at radius 1 is 0.842 bits per heavy atom. The largest absolute Gasteiger partial charge is 0.357 e. The summed E-state index contributed by atoms with van der Waals surface area (Å²) in [4.78, 5) is 0.132. The summed E-state index contributed by atoms with van der Waals surface area (Å²) < 4.78 is 30.6. The molecule has 0 amide bonds. The first kappa shape index (κ1) is 11.8. The molecule has 0 aliphatic rings. The number of benzene rings is 2. The topological polar surface area (TPSA) is 48.3 Å². The standard InChI is InChI=1S/C14H11NO3S/c16-19(17,13-7-2-1-3-8-13)18-15-11-10-12-6-4-5-9-14(12)15/h1-11H. The molecule has 0 aliphatic heterocycles. The van der Waals surface area contributed by atoms with Crippen LogP contribution in [0, 0.1) is 0 Å². The summed E-state index contributed by atoms with van der Waals surface area (Å²) in [6.45, 7) is 0. The minimum Gasteiger partial charge on any atom is -0.284 e. The van der Waals surface area contributed by atoms with E-state index < -0.39 is 10.1 Å². The second kappa shape index (κ2) is 4.44. The third kappa shape index (κ3) is 2.20. The molecular weight excluding hydrogens is 262 g/mol. The Bertz CT molecular complexity index is 807. The number of hydrogen-bond donors (Lipinski definition) is 0. The fraction of sp³-hybridized carbons (Fsp3) is 0. The van der Waals surface area contributed by atoms with Crippen molar-refractivity contribution in [1.82, 2.24) is 4.73 Å². The molecule has 0 bridgehead atoms. The molecule has 4 nitrogen and oxygen atoms in total. The molecule has 3 aromatic rings. The van der Waals surface area contributed by atoms with Crippen molar-refractivity contribution in [1.29, 1.82) is 0 Å². The van der Waals surface area contributed by atoms with E-state index in [4.69, 9.17) is 4.28 Å². The van der Waals surface area contributed by atoms with Gasteiger partial charge in [-0.25, -0.2) is 0 Å². The van der Waals surface area contributed by atoms with Crippen LogP contribution in [0.5, 0.6) is 0 Å². The quantitative estimate of drug-likeness (QED) is 0.736. The predicted molar refractivity (Wildman–Crippen MR) is 72.1 cm³/mol. The molecule has 96 valence electrons.